The van der Waals surface area contributed by atoms with Crippen LogP contribution in [0.2, 0.25) is 0 Å². The molecule has 1 aliphatic rings. The molecule has 0 unspecified atom stereocenters. The van der Waals surface area contributed by atoms with Crippen LogP contribution in [0.15, 0.2) is 48.6 Å². The van der Waals surface area contributed by atoms with Gasteiger partial charge in [-0.05, 0) is 6.42 Å². The molecular weight excluding hydrogens is 108 g/mol. The monoisotopic (exact) mass is 118 g/mol. The second-order valence-corrected chi connectivity index (χ2v) is 2.21. The molecule has 0 aromatic rings. The van der Waals surface area contributed by atoms with Gasteiger partial charge in [0.2, 0.25) is 0 Å². The van der Waals surface area contributed by atoms with Gasteiger partial charge in [0.05, 0.1) is 0 Å². The molecular formula is C9H10. The van der Waals surface area contributed by atoms with Crippen LogP contribution in [0.1, 0.15) is 6.42 Å². The van der Waals surface area contributed by atoms with Gasteiger partial charge >= 0.3 is 0 Å². The molecule has 0 saturated carbocycles. The summed E-state index contributed by atoms with van der Waals surface area (Å²) in [6.45, 7) is 7.67. The minimum atomic E-state index is 0.910. The lowest BCUT2D eigenvalue weighted by atomic mass is 10.1. The zero-order valence-electron chi connectivity index (χ0n) is 5.43. The molecule has 0 N–H and O–H groups in total. The van der Waals surface area contributed by atoms with Crippen LogP contribution in [0.5, 0.6) is 0 Å². The van der Waals surface area contributed by atoms with Crippen molar-refractivity contribution in [1.29, 1.82) is 0 Å². The molecule has 0 heterocycles. The first kappa shape index (κ1) is 6.09. The molecule has 0 amide bonds. The van der Waals surface area contributed by atoms with E-state index in [4.69, 9.17) is 0 Å². The van der Waals surface area contributed by atoms with Gasteiger partial charge in [0, 0.05) is 0 Å². The van der Waals surface area contributed by atoms with Gasteiger partial charge in [-0.15, -0.1) is 0 Å². The SMILES string of the molecule is C=C1C=CC=CC(=C)C1. The highest BCUT2D eigenvalue weighted by Gasteiger charge is 1.92. The number of rotatable bonds is 0. The Kier molecular flexibility index (Phi) is 1.69. The van der Waals surface area contributed by atoms with Gasteiger partial charge in [-0.3, -0.25) is 0 Å². The maximum absolute atomic E-state index is 3.84. The van der Waals surface area contributed by atoms with Gasteiger partial charge in [-0.25, -0.2) is 0 Å². The standard InChI is InChI=1S/C9H10/c1-8-5-3-4-6-9(2)7-8/h3-6H,1-2,7H2. The largest absolute Gasteiger partial charge is 0.0955 e. The Bertz CT molecular complexity index is 170. The van der Waals surface area contributed by atoms with E-state index in [0.717, 1.165) is 17.6 Å². The second kappa shape index (κ2) is 2.49. The maximum atomic E-state index is 3.84. The van der Waals surface area contributed by atoms with Crippen LogP contribution in [-0.2, 0) is 0 Å². The molecule has 0 radical (unpaired) electrons. The highest BCUT2D eigenvalue weighted by atomic mass is 14.0. The first-order valence-corrected chi connectivity index (χ1v) is 2.99. The third-order valence-corrected chi connectivity index (χ3v) is 1.23. The molecule has 1 aliphatic carbocycles. The Morgan fingerprint density at radius 2 is 1.44 bits per heavy atom. The minimum absolute atomic E-state index is 0.910. The summed E-state index contributed by atoms with van der Waals surface area (Å²) in [6.07, 6.45) is 8.90. The van der Waals surface area contributed by atoms with E-state index in [2.05, 4.69) is 13.2 Å². The summed E-state index contributed by atoms with van der Waals surface area (Å²) in [5.41, 5.74) is 2.26. The van der Waals surface area contributed by atoms with Gasteiger partial charge in [-0.2, -0.15) is 0 Å². The van der Waals surface area contributed by atoms with Gasteiger partial charge in [-0.1, -0.05) is 48.6 Å². The predicted molar refractivity (Wildman–Crippen MR) is 41.2 cm³/mol. The molecule has 0 bridgehead atoms. The van der Waals surface area contributed by atoms with Gasteiger partial charge in [0.1, 0.15) is 0 Å². The fraction of sp³-hybridized carbons (Fsp3) is 0.111. The molecule has 1 rings (SSSR count). The lowest BCUT2D eigenvalue weighted by molar-refractivity contribution is 1.24. The summed E-state index contributed by atoms with van der Waals surface area (Å²) in [5, 5.41) is 0. The molecule has 0 aromatic carbocycles. The van der Waals surface area contributed by atoms with Crippen LogP contribution in [-0.4, -0.2) is 0 Å². The molecule has 0 aliphatic heterocycles. The van der Waals surface area contributed by atoms with E-state index in [0.29, 0.717) is 0 Å². The molecule has 0 aromatic heterocycles. The fourth-order valence-electron chi connectivity index (χ4n) is 0.793. The number of hydrogen-bond donors (Lipinski definition) is 0. The normalized spacial score (nSPS) is 18.2. The summed E-state index contributed by atoms with van der Waals surface area (Å²) < 4.78 is 0. The van der Waals surface area contributed by atoms with Crippen molar-refractivity contribution in [3.05, 3.63) is 48.6 Å². The van der Waals surface area contributed by atoms with Crippen LogP contribution >= 0.6 is 0 Å². The Hall–Kier alpha value is -1.04. The summed E-state index contributed by atoms with van der Waals surface area (Å²) in [7, 11) is 0. The quantitative estimate of drug-likeness (QED) is 0.458. The second-order valence-electron chi connectivity index (χ2n) is 2.21. The molecule has 0 heteroatoms. The van der Waals surface area contributed by atoms with Crippen LogP contribution in [0.4, 0.5) is 0 Å². The van der Waals surface area contributed by atoms with E-state index in [9.17, 15) is 0 Å². The van der Waals surface area contributed by atoms with Crippen LogP contribution in [0.3, 0.4) is 0 Å². The van der Waals surface area contributed by atoms with Crippen molar-refractivity contribution < 1.29 is 0 Å². The molecule has 0 saturated heterocycles. The van der Waals surface area contributed by atoms with Crippen LogP contribution in [0, 0.1) is 0 Å². The molecule has 0 nitrogen and oxygen atoms in total. The Labute approximate surface area is 55.9 Å². The fourth-order valence-corrected chi connectivity index (χ4v) is 0.793. The zero-order valence-corrected chi connectivity index (χ0v) is 5.43. The van der Waals surface area contributed by atoms with Crippen molar-refractivity contribution in [2.45, 2.75) is 6.42 Å². The Balaban J connectivity index is 2.76. The van der Waals surface area contributed by atoms with Crippen molar-refractivity contribution >= 4 is 0 Å². The number of hydrogen-bond acceptors (Lipinski definition) is 0. The van der Waals surface area contributed by atoms with E-state index >= 15 is 0 Å². The summed E-state index contributed by atoms with van der Waals surface area (Å²) in [4.78, 5) is 0. The topological polar surface area (TPSA) is 0 Å². The van der Waals surface area contributed by atoms with Gasteiger partial charge in [0.25, 0.3) is 0 Å². The Morgan fingerprint density at radius 3 is 1.89 bits per heavy atom. The first-order chi connectivity index (χ1) is 4.29. The average molecular weight is 118 g/mol. The molecule has 9 heavy (non-hydrogen) atoms. The van der Waals surface area contributed by atoms with Crippen LogP contribution in [0.25, 0.3) is 0 Å². The van der Waals surface area contributed by atoms with Crippen molar-refractivity contribution in [3.63, 3.8) is 0 Å². The smallest absolute Gasteiger partial charge is 0.00375 e. The number of allylic oxidation sites excluding steroid dienone is 6. The van der Waals surface area contributed by atoms with Gasteiger partial charge < -0.3 is 0 Å². The van der Waals surface area contributed by atoms with E-state index in [1.807, 2.05) is 24.3 Å². The highest BCUT2D eigenvalue weighted by Crippen LogP contribution is 2.12. The lowest BCUT2D eigenvalue weighted by Crippen LogP contribution is -1.74. The molecule has 0 fully saturated rings. The van der Waals surface area contributed by atoms with Crippen molar-refractivity contribution in [2.75, 3.05) is 0 Å². The third kappa shape index (κ3) is 1.73. The van der Waals surface area contributed by atoms with E-state index in [1.54, 1.807) is 0 Å². The van der Waals surface area contributed by atoms with Crippen LogP contribution < -0.4 is 0 Å². The zero-order chi connectivity index (χ0) is 6.69. The van der Waals surface area contributed by atoms with Gasteiger partial charge in [0.15, 0.2) is 0 Å². The van der Waals surface area contributed by atoms with E-state index in [1.165, 1.54) is 0 Å². The molecule has 0 atom stereocenters. The minimum Gasteiger partial charge on any atom is -0.0955 e. The van der Waals surface area contributed by atoms with E-state index in [-0.39, 0.29) is 0 Å². The highest BCUT2D eigenvalue weighted by molar-refractivity contribution is 5.33. The molecule has 0 spiro atoms. The summed E-state index contributed by atoms with van der Waals surface area (Å²) in [6, 6.07) is 0. The predicted octanol–water partition coefficient (Wildman–Crippen LogP) is 2.61. The maximum Gasteiger partial charge on any atom is -0.00375 e. The molecule has 46 valence electrons. The average Bonchev–Trinajstić information content (AvgIpc) is 1.93. The summed E-state index contributed by atoms with van der Waals surface area (Å²) >= 11 is 0. The van der Waals surface area contributed by atoms with E-state index < -0.39 is 0 Å². The first-order valence-electron chi connectivity index (χ1n) is 2.99. The van der Waals surface area contributed by atoms with Crippen molar-refractivity contribution in [2.24, 2.45) is 0 Å². The van der Waals surface area contributed by atoms with Crippen molar-refractivity contribution in [3.8, 4) is 0 Å². The summed E-state index contributed by atoms with van der Waals surface area (Å²) in [5.74, 6) is 0. The Morgan fingerprint density at radius 1 is 1.00 bits per heavy atom. The third-order valence-electron chi connectivity index (χ3n) is 1.23. The van der Waals surface area contributed by atoms with Crippen molar-refractivity contribution in [1.82, 2.24) is 0 Å². The lowest BCUT2D eigenvalue weighted by Gasteiger charge is -1.94.